The smallest absolute Gasteiger partial charge is 0.345 e. The van der Waals surface area contributed by atoms with E-state index >= 15 is 0 Å². The maximum Gasteiger partial charge on any atom is 0.345 e. The Morgan fingerprint density at radius 2 is 1.47 bits per heavy atom. The number of benzene rings is 1. The molecule has 0 N–H and O–H groups in total. The summed E-state index contributed by atoms with van der Waals surface area (Å²) in [6.07, 6.45) is 10.0. The summed E-state index contributed by atoms with van der Waals surface area (Å²) < 4.78 is 18.8. The molecule has 0 saturated carbocycles. The van der Waals surface area contributed by atoms with Crippen LogP contribution in [-0.4, -0.2) is 92.0 Å². The van der Waals surface area contributed by atoms with Crippen LogP contribution in [0, 0.1) is 0 Å². The molecule has 4 heterocycles. The van der Waals surface area contributed by atoms with Crippen molar-refractivity contribution in [2.75, 3.05) is 45.3 Å². The van der Waals surface area contributed by atoms with E-state index in [9.17, 15) is 24.0 Å². The lowest BCUT2D eigenvalue weighted by Gasteiger charge is -2.16. The summed E-state index contributed by atoms with van der Waals surface area (Å²) in [5.74, 6) is -1.82. The van der Waals surface area contributed by atoms with Gasteiger partial charge in [-0.05, 0) is 51.0 Å². The molecular weight excluding hydrogens is 737 g/mol. The molecule has 0 atom stereocenters. The van der Waals surface area contributed by atoms with Crippen molar-refractivity contribution in [1.29, 1.82) is 0 Å². The van der Waals surface area contributed by atoms with E-state index in [1.807, 2.05) is 12.5 Å². The fraction of sp³-hybridized carbons (Fsp3) is 0.303. The molecule has 4 aromatic heterocycles. The van der Waals surface area contributed by atoms with Crippen molar-refractivity contribution >= 4 is 92.4 Å². The Morgan fingerprint density at radius 3 is 2.08 bits per heavy atom. The van der Waals surface area contributed by atoms with Crippen LogP contribution in [0.2, 0.25) is 0 Å². The molecule has 0 fully saturated rings. The van der Waals surface area contributed by atoms with E-state index in [0.29, 0.717) is 31.1 Å². The second-order valence-electron chi connectivity index (χ2n) is 9.96. The molecule has 0 saturated heterocycles. The Morgan fingerprint density at radius 1 is 0.843 bits per heavy atom. The Balaban J connectivity index is 0.000000234. The number of thioether (sulfide) groups is 4. The third-order valence-electron chi connectivity index (χ3n) is 7.16. The first-order valence-electron chi connectivity index (χ1n) is 15.1. The highest BCUT2D eigenvalue weighted by Gasteiger charge is 2.29. The van der Waals surface area contributed by atoms with E-state index in [1.165, 1.54) is 78.2 Å². The molecule has 51 heavy (non-hydrogen) atoms. The van der Waals surface area contributed by atoms with Crippen molar-refractivity contribution in [3.63, 3.8) is 0 Å². The van der Waals surface area contributed by atoms with Crippen LogP contribution in [-0.2, 0) is 21.3 Å². The fourth-order valence-corrected chi connectivity index (χ4v) is 7.04. The van der Waals surface area contributed by atoms with Crippen molar-refractivity contribution in [3.8, 4) is 5.88 Å². The lowest BCUT2D eigenvalue weighted by molar-refractivity contribution is -0.138. The van der Waals surface area contributed by atoms with Gasteiger partial charge in [0.1, 0.15) is 22.3 Å². The van der Waals surface area contributed by atoms with Crippen LogP contribution in [0.15, 0.2) is 66.4 Å². The van der Waals surface area contributed by atoms with Crippen molar-refractivity contribution in [1.82, 2.24) is 28.9 Å². The van der Waals surface area contributed by atoms with Crippen LogP contribution < -0.4 is 15.7 Å². The third kappa shape index (κ3) is 7.93. The van der Waals surface area contributed by atoms with Crippen molar-refractivity contribution in [2.45, 2.75) is 24.2 Å². The molecule has 1 aromatic carbocycles. The molecule has 0 aliphatic carbocycles. The first kappa shape index (κ1) is 39.4. The highest BCUT2D eigenvalue weighted by molar-refractivity contribution is 8.21. The minimum atomic E-state index is -0.786. The van der Waals surface area contributed by atoms with Gasteiger partial charge in [0.05, 0.1) is 40.8 Å². The number of fused-ring (bicyclic) bond motifs is 5. The average Bonchev–Trinajstić information content (AvgIpc) is 3.15. The van der Waals surface area contributed by atoms with E-state index in [-0.39, 0.29) is 52.4 Å². The number of hydrogen-bond acceptors (Lipinski definition) is 16. The molecule has 0 bridgehead atoms. The predicted molar refractivity (Wildman–Crippen MR) is 203 cm³/mol. The number of carbonyl (C=O) groups is 3. The van der Waals surface area contributed by atoms with Crippen molar-refractivity contribution < 1.29 is 28.6 Å². The molecule has 5 aromatic rings. The summed E-state index contributed by atoms with van der Waals surface area (Å²) in [6, 6.07) is 6.99. The highest BCUT2D eigenvalue weighted by atomic mass is 32.2. The van der Waals surface area contributed by atoms with Gasteiger partial charge in [0.15, 0.2) is 16.0 Å². The summed E-state index contributed by atoms with van der Waals surface area (Å²) in [4.78, 5) is 80.7. The summed E-state index contributed by atoms with van der Waals surface area (Å²) in [6.45, 7) is 3.63. The van der Waals surface area contributed by atoms with E-state index in [2.05, 4.69) is 19.9 Å². The molecule has 0 aliphatic rings. The van der Waals surface area contributed by atoms with Crippen molar-refractivity contribution in [2.24, 2.45) is 7.05 Å². The second-order valence-corrected chi connectivity index (χ2v) is 13.4. The van der Waals surface area contributed by atoms with Crippen LogP contribution in [0.3, 0.4) is 0 Å². The molecule has 268 valence electrons. The van der Waals surface area contributed by atoms with Gasteiger partial charge in [-0.3, -0.25) is 23.4 Å². The predicted octanol–water partition coefficient (Wildman–Crippen LogP) is 4.88. The number of esters is 2. The largest absolute Gasteiger partial charge is 0.480 e. The number of ketones is 1. The number of aryl methyl sites for hydroxylation is 1. The fourth-order valence-electron chi connectivity index (χ4n) is 4.95. The van der Waals surface area contributed by atoms with Gasteiger partial charge in [-0.25, -0.2) is 24.5 Å². The first-order chi connectivity index (χ1) is 24.5. The monoisotopic (exact) mass is 770 g/mol. The number of Topliss-reactive ketones (excluding diaryl/α,β-unsaturated/α-hetero) is 1. The van der Waals surface area contributed by atoms with E-state index in [1.54, 1.807) is 55.0 Å². The summed E-state index contributed by atoms with van der Waals surface area (Å²) in [5, 5.41) is 1.58. The number of rotatable bonds is 11. The Bertz CT molecular complexity index is 2300. The van der Waals surface area contributed by atoms with Crippen molar-refractivity contribution in [3.05, 3.63) is 78.2 Å². The molecule has 0 spiro atoms. The molecule has 0 aliphatic heterocycles. The average molecular weight is 771 g/mol. The Labute approximate surface area is 309 Å². The minimum absolute atomic E-state index is 0.0225. The van der Waals surface area contributed by atoms with E-state index in [4.69, 9.17) is 14.2 Å². The number of carbonyl (C=O) groups excluding carboxylic acids is 3. The topological polar surface area (TPSA) is 174 Å². The quantitative estimate of drug-likeness (QED) is 0.0260. The number of ether oxygens (including phenoxy) is 3. The maximum atomic E-state index is 13.1. The van der Waals surface area contributed by atoms with Gasteiger partial charge in [-0.1, -0.05) is 35.7 Å². The molecule has 0 radical (unpaired) electrons. The lowest BCUT2D eigenvalue weighted by Crippen LogP contribution is -2.28. The van der Waals surface area contributed by atoms with E-state index < -0.39 is 23.2 Å². The SMILES string of the molecule is CCOC(=O)C(C(=O)c1cnc(SC)nc1OC)=C(SC)SC.CCOC(=O)c1c(=O)c2cnc(SC)nc2n2c3ccccc3c(=O)n(C)c12. The number of methoxy groups -OCH3 is 1. The number of pyridine rings is 1. The molecule has 18 heteroatoms. The first-order valence-corrected chi connectivity index (χ1v) is 20.0. The zero-order chi connectivity index (χ0) is 37.4. The molecule has 14 nitrogen and oxygen atoms in total. The molecular formula is C33H34N6O8S4. The highest BCUT2D eigenvalue weighted by Crippen LogP contribution is 2.32. The zero-order valence-corrected chi connectivity index (χ0v) is 32.2. The number of aromatic nitrogens is 6. The maximum absolute atomic E-state index is 13.1. The number of hydrogen-bond donors (Lipinski definition) is 0. The van der Waals surface area contributed by atoms with Gasteiger partial charge in [0, 0.05) is 19.4 Å². The molecule has 5 rings (SSSR count). The normalized spacial score (nSPS) is 10.8. The van der Waals surface area contributed by atoms with Crippen LogP contribution in [0.5, 0.6) is 5.88 Å². The third-order valence-corrected chi connectivity index (χ3v) is 10.4. The molecule has 0 amide bonds. The number of para-hydroxylation sites is 1. The van der Waals surface area contributed by atoms with Gasteiger partial charge < -0.3 is 14.2 Å². The standard InChI is InChI=1S/C19H16N4O4S.C14H18N2O4S3/c1-4-27-18(26)13-14(24)11-9-20-19(28-3)21-15(11)23-12-8-6-5-7-10(12)17(25)22(2)16(13)23;1-6-20-12(18)9(13(21-3)22-4)10(17)8-7-15-14(23-5)16-11(8)19-2/h5-9H,4H2,1-3H3;7H,6H2,1-5H3. The van der Waals surface area contributed by atoms with E-state index in [0.717, 1.165) is 0 Å². The zero-order valence-electron chi connectivity index (χ0n) is 29.0. The Hall–Kier alpha value is -4.39. The van der Waals surface area contributed by atoms with Crippen LogP contribution in [0.4, 0.5) is 0 Å². The summed E-state index contributed by atoms with van der Waals surface area (Å²) >= 11 is 5.29. The molecule has 0 unspecified atom stereocenters. The number of nitrogens with zero attached hydrogens (tertiary/aromatic N) is 6. The summed E-state index contributed by atoms with van der Waals surface area (Å²) in [7, 11) is 2.94. The van der Waals surface area contributed by atoms with Crippen LogP contribution in [0.1, 0.15) is 34.6 Å². The van der Waals surface area contributed by atoms with Gasteiger partial charge in [-0.2, -0.15) is 4.98 Å². The van der Waals surface area contributed by atoms with Crippen LogP contribution >= 0.6 is 47.0 Å². The van der Waals surface area contributed by atoms with Gasteiger partial charge in [0.25, 0.3) is 5.56 Å². The van der Waals surface area contributed by atoms with Gasteiger partial charge in [-0.15, -0.1) is 23.5 Å². The van der Waals surface area contributed by atoms with Crippen LogP contribution in [0.25, 0.3) is 27.6 Å². The summed E-state index contributed by atoms with van der Waals surface area (Å²) in [5.41, 5.74) is 0.0386. The van der Waals surface area contributed by atoms with Gasteiger partial charge >= 0.3 is 11.9 Å². The van der Waals surface area contributed by atoms with Gasteiger partial charge in [0.2, 0.25) is 17.1 Å². The minimum Gasteiger partial charge on any atom is -0.480 e. The lowest BCUT2D eigenvalue weighted by atomic mass is 10.1. The second kappa shape index (κ2) is 17.7. The Kier molecular flexibility index (Phi) is 13.7.